The van der Waals surface area contributed by atoms with E-state index in [0.717, 1.165) is 51.1 Å². The van der Waals surface area contributed by atoms with Crippen LogP contribution in [0.1, 0.15) is 59.5 Å². The van der Waals surface area contributed by atoms with Gasteiger partial charge in [0.1, 0.15) is 53.1 Å². The summed E-state index contributed by atoms with van der Waals surface area (Å²) in [6.45, 7) is 5.26. The number of benzene rings is 6. The quantitative estimate of drug-likeness (QED) is 0.0129. The fraction of sp³-hybridized carbons (Fsp3) is 0.149. The molecule has 0 atom stereocenters. The number of methoxy groups -OCH3 is 2. The number of carbonyl (C=O) groups is 3. The maximum atomic E-state index is 12.6. The number of amides is 1. The van der Waals surface area contributed by atoms with Crippen LogP contribution in [-0.2, 0) is 72.5 Å². The van der Waals surface area contributed by atoms with Crippen LogP contribution in [0.2, 0.25) is 5.15 Å². The average molecular weight is 2360 g/mol. The van der Waals surface area contributed by atoms with Crippen molar-refractivity contribution in [2.24, 2.45) is 44.6 Å². The summed E-state index contributed by atoms with van der Waals surface area (Å²) in [7, 11) is 1.75. The molecule has 0 spiro atoms. The smallest absolute Gasteiger partial charge is 0.466 e. The van der Waals surface area contributed by atoms with Gasteiger partial charge in [-0.15, -0.1) is 12.4 Å². The Morgan fingerprint density at radius 2 is 0.814 bits per heavy atom. The number of halogens is 7. The van der Waals surface area contributed by atoms with Crippen molar-refractivity contribution in [1.82, 2.24) is 92.4 Å². The minimum atomic E-state index is -3.13. The fourth-order valence-electron chi connectivity index (χ4n) is 12.6. The van der Waals surface area contributed by atoms with E-state index in [-0.39, 0.29) is 74.6 Å². The van der Waals surface area contributed by atoms with Gasteiger partial charge in [-0.3, -0.25) is 51.6 Å². The van der Waals surface area contributed by atoms with Gasteiger partial charge in [-0.25, -0.2) is 59.6 Å². The molecule has 1 aliphatic heterocycles. The number of nitrogens with two attached hydrogens (primary N) is 5. The number of nitrogen functional groups attached to an aromatic ring is 1. The molecule has 13 heterocycles. The molecule has 0 radical (unpaired) electrons. The molecule has 1 fully saturated rings. The van der Waals surface area contributed by atoms with Gasteiger partial charge in [0.05, 0.1) is 37.8 Å². The Hall–Kier alpha value is -13.0. The molecule has 18 aromatic rings. The summed E-state index contributed by atoms with van der Waals surface area (Å²) in [6.07, 6.45) is 30.0. The maximum Gasteiger partial charge on any atom is 0.498 e. The van der Waals surface area contributed by atoms with E-state index in [4.69, 9.17) is 69.0 Å². The van der Waals surface area contributed by atoms with Crippen molar-refractivity contribution < 1.29 is 61.3 Å². The highest BCUT2D eigenvalue weighted by Gasteiger charge is 2.52. The largest absolute Gasteiger partial charge is 0.498 e. The molecule has 14 N–H and O–H groups in total. The van der Waals surface area contributed by atoms with Crippen molar-refractivity contribution in [1.29, 1.82) is 0 Å². The van der Waals surface area contributed by atoms with Gasteiger partial charge >= 0.3 is 19.1 Å². The van der Waals surface area contributed by atoms with E-state index in [1.54, 1.807) is 163 Å². The Kier molecular flexibility index (Phi) is 48.0. The number of rotatable bonds is 13. The summed E-state index contributed by atoms with van der Waals surface area (Å²) in [5.41, 5.74) is 11.5. The molecule has 40 nitrogen and oxygen atoms in total. The Bertz CT molecular complexity index is 7260. The summed E-state index contributed by atoms with van der Waals surface area (Å²) in [5.74, 6) is 18.6. The van der Waals surface area contributed by atoms with Crippen LogP contribution in [-0.4, -0.2) is 149 Å². The maximum absolute atomic E-state index is 12.6. The highest BCUT2D eigenvalue weighted by Crippen LogP contribution is 2.49. The molecular weight excluding hydrogens is 2250 g/mol. The summed E-state index contributed by atoms with van der Waals surface area (Å²) in [6, 6.07) is 63.0. The Labute approximate surface area is 882 Å². The molecule has 1 aliphatic carbocycles. The molecule has 51 heteroatoms. The highest BCUT2D eigenvalue weighted by atomic mass is 79.9. The standard InChI is InChI=1S/C12H10ClOP.2C12H12NO2P.C10H17BN2O2.C10H8ClN5.C10H9N5O.C7H7BrO2.2C6H4BrN3O.C6H7BrN2O2.CH3NO.2CH4.ClH.H3NO/c13-15(14,11-7-3-1-4-8-11)12-9-5-2-6-10-12;2*13-15-16(14,11-7-3-1-4-8-11)12-9-5-2-6-10-12;1-9(2)10(3,4)15-11(14-9)8-6-12-13(5)7-8;1-15-4-8(3-13-15)7-2-9-10(11)12-6-14-16(9)5-7;1-14-4-8(3-12-14)7-2-9-10(16)11-6-13-15(9)5-7;1-10-7(9)5-2-3-6(8)4-5;2*7-4-1-5-6(11)8-3-9-10(5)2-4;1-11-6(10)5-2-4(7)3-9(5)8;2-1-3;;;;1-2/h1-10H;2*1-10H,13H2;6-7H,1-5H3;2-6H,1H3;2-6H,1H3,(H,11,13,16);3-4H,2H2,1H3;2*1-3H,(H,8,9,11);2-3H,8H2,1H3;1H,(H2,2,3);2*1H4;1H;2H,1H2. The summed E-state index contributed by atoms with van der Waals surface area (Å²) in [5, 5.41) is 38.9. The van der Waals surface area contributed by atoms with Crippen molar-refractivity contribution in [3.8, 4) is 22.3 Å². The van der Waals surface area contributed by atoms with Gasteiger partial charge in [-0.05, 0) is 178 Å². The number of hydrogen-bond donors (Lipinski definition) is 9. The van der Waals surface area contributed by atoms with Crippen LogP contribution in [0.15, 0.2) is 356 Å². The molecule has 1 saturated heterocycles. The second-order valence-electron chi connectivity index (χ2n) is 30.2. The van der Waals surface area contributed by atoms with Gasteiger partial charge in [0.25, 0.3) is 31.4 Å². The van der Waals surface area contributed by atoms with Crippen molar-refractivity contribution >= 4 is 205 Å². The van der Waals surface area contributed by atoms with E-state index < -0.39 is 27.2 Å². The number of nitrogens with zero attached hydrogens (tertiary/aromatic N) is 16. The zero-order chi connectivity index (χ0) is 103. The third kappa shape index (κ3) is 33.3. The van der Waals surface area contributed by atoms with Crippen molar-refractivity contribution in [2.45, 2.75) is 60.2 Å². The van der Waals surface area contributed by atoms with Gasteiger partial charge in [0.2, 0.25) is 12.9 Å². The predicted octanol–water partition coefficient (Wildman–Crippen LogP) is 13.9. The number of nitrogens with one attached hydrogen (secondary N) is 3. The number of esters is 2. The normalized spacial score (nSPS) is 12.1. The average Bonchev–Trinajstić information content (AvgIpc) is 1.62. The molecule has 20 rings (SSSR count). The minimum absolute atomic E-state index is 0. The van der Waals surface area contributed by atoms with Crippen molar-refractivity contribution in [3.05, 3.63) is 383 Å². The molecule has 0 saturated carbocycles. The summed E-state index contributed by atoms with van der Waals surface area (Å²) in [4.78, 5) is 75.3. The molecular formula is C94H105BBr4Cl3N24O16P3. The summed E-state index contributed by atoms with van der Waals surface area (Å²) < 4.78 is 84.1. The number of aromatic nitrogens is 19. The van der Waals surface area contributed by atoms with Crippen LogP contribution >= 0.6 is 120 Å². The van der Waals surface area contributed by atoms with E-state index in [0.29, 0.717) is 71.2 Å². The lowest BCUT2D eigenvalue weighted by atomic mass is 9.82. The van der Waals surface area contributed by atoms with Crippen LogP contribution in [0.3, 0.4) is 0 Å². The third-order valence-electron chi connectivity index (χ3n) is 20.2. The number of fused-ring (bicyclic) bond motifs is 4. The number of allylic oxidation sites excluding steroid dienone is 3. The van der Waals surface area contributed by atoms with Crippen LogP contribution in [0.25, 0.3) is 44.3 Å². The van der Waals surface area contributed by atoms with Gasteiger partial charge in [0.15, 0.2) is 5.15 Å². The number of carbonyl (C=O) groups excluding carboxylic acids is 3. The van der Waals surface area contributed by atoms with E-state index in [1.807, 2.05) is 201 Å². The number of H-pyrrole nitrogens is 3. The third-order valence-corrected chi connectivity index (χ3v) is 29.9. The zero-order valence-electron chi connectivity index (χ0n) is 77.5. The number of primary amides is 1. The lowest BCUT2D eigenvalue weighted by Crippen LogP contribution is -2.41. The molecule has 0 unspecified atom stereocenters. The van der Waals surface area contributed by atoms with Crippen molar-refractivity contribution in [3.63, 3.8) is 0 Å². The zero-order valence-corrected chi connectivity index (χ0v) is 88.9. The topological polar surface area (TPSA) is 547 Å². The molecule has 12 aromatic heterocycles. The van der Waals surface area contributed by atoms with E-state index >= 15 is 0 Å². The monoisotopic (exact) mass is 2350 g/mol. The first-order valence-electron chi connectivity index (χ1n) is 41.6. The van der Waals surface area contributed by atoms with Gasteiger partial charge in [-0.1, -0.05) is 182 Å². The summed E-state index contributed by atoms with van der Waals surface area (Å²) >= 11 is 25.0. The van der Waals surface area contributed by atoms with Crippen LogP contribution in [0, 0.1) is 0 Å². The Morgan fingerprint density at radius 3 is 1.11 bits per heavy atom. The van der Waals surface area contributed by atoms with E-state index in [2.05, 4.69) is 140 Å². The lowest BCUT2D eigenvalue weighted by Gasteiger charge is -2.32. The first-order chi connectivity index (χ1) is 67.9. The van der Waals surface area contributed by atoms with Crippen LogP contribution < -0.4 is 83.2 Å². The molecule has 2 aliphatic rings. The molecule has 6 aromatic carbocycles. The number of hydrogen-bond acceptors (Lipinski definition) is 28. The number of aromatic amines is 3. The first-order valence-corrected chi connectivity index (χ1v) is 51.0. The second-order valence-corrected chi connectivity index (χ2v) is 42.5. The number of aryl methyl sites for hydroxylation is 3. The van der Waals surface area contributed by atoms with E-state index in [1.165, 1.54) is 53.2 Å². The fourth-order valence-corrected chi connectivity index (χ4v) is 19.9. The molecule has 0 bridgehead atoms. The Morgan fingerprint density at radius 1 is 0.483 bits per heavy atom. The van der Waals surface area contributed by atoms with Crippen LogP contribution in [0.5, 0.6) is 0 Å². The highest BCUT2D eigenvalue weighted by molar-refractivity contribution is 9.12. The number of ether oxygens (including phenoxy) is 2. The van der Waals surface area contributed by atoms with Gasteiger partial charge < -0.3 is 50.5 Å². The Balaban J connectivity index is 0.000000245. The molecule has 145 heavy (non-hydrogen) atoms. The molecule has 1 amide bonds. The predicted molar refractivity (Wildman–Crippen MR) is 582 cm³/mol. The molecule has 764 valence electrons. The SMILES string of the molecule is C.C.COC(=O)C1=CC(Br)=CC1.COC(=O)c1cc(Br)cn1N.Cl.Cn1cc(-c2cc3c(=O)[nH]cnn3c2)cn1.Cn1cc(-c2cc3c(Cl)ncnn3c2)cn1.Cn1cc(B2OC(C)(C)C(C)(C)O2)cn1.NC=O.NO.NOP(=O)(c1ccccc1)c1ccccc1.NOP(=O)(c1ccccc1)c1ccccc1.O=P(Cl)(c1ccccc1)c1ccccc1.O=c1[nH]cnn2cc(Br)cc12.O=c1[nH]cnn2cc(Br)cc12. The van der Waals surface area contributed by atoms with Crippen molar-refractivity contribution in [2.75, 3.05) is 20.1 Å². The van der Waals surface area contributed by atoms with Gasteiger partial charge in [-0.2, -0.15) is 35.7 Å². The van der Waals surface area contributed by atoms with Gasteiger partial charge in [0, 0.05) is 160 Å². The first kappa shape index (κ1) is 121. The van der Waals surface area contributed by atoms with E-state index in [9.17, 15) is 37.7 Å². The second kappa shape index (κ2) is 57.6. The minimum Gasteiger partial charge on any atom is -0.466 e. The lowest BCUT2D eigenvalue weighted by molar-refractivity contribution is -0.136. The van der Waals surface area contributed by atoms with Crippen LogP contribution in [0.4, 0.5) is 0 Å².